The molecule has 0 aliphatic rings. The predicted molar refractivity (Wildman–Crippen MR) is 190 cm³/mol. The molecule has 1 aromatic heterocycles. The van der Waals surface area contributed by atoms with Crippen LogP contribution in [-0.2, 0) is 0 Å². The van der Waals surface area contributed by atoms with Crippen LogP contribution in [0.5, 0.6) is 0 Å². The van der Waals surface area contributed by atoms with E-state index in [0.717, 1.165) is 76.9 Å². The number of furan rings is 1. The van der Waals surface area contributed by atoms with Gasteiger partial charge in [-0.1, -0.05) is 152 Å². The van der Waals surface area contributed by atoms with Crippen molar-refractivity contribution in [1.29, 1.82) is 0 Å². The number of fused-ring (bicyclic) bond motifs is 5. The molecular weight excluding hydrogens is 544 g/mol. The van der Waals surface area contributed by atoms with Crippen molar-refractivity contribution in [1.82, 2.24) is 0 Å². The summed E-state index contributed by atoms with van der Waals surface area (Å²) in [5.41, 5.74) is 8.54. The van der Waals surface area contributed by atoms with E-state index in [1.54, 1.807) is 0 Å². The fourth-order valence-electron chi connectivity index (χ4n) is 6.87. The Balaban J connectivity index is 1.32. The zero-order chi connectivity index (χ0) is 34.1. The molecule has 0 atom stereocenters. The highest BCUT2D eigenvalue weighted by atomic mass is 16.3. The molecule has 0 saturated heterocycles. The summed E-state index contributed by atoms with van der Waals surface area (Å²) in [4.78, 5) is 0. The van der Waals surface area contributed by atoms with E-state index < -0.39 is 6.04 Å². The van der Waals surface area contributed by atoms with Crippen molar-refractivity contribution in [3.05, 3.63) is 170 Å². The lowest BCUT2D eigenvalue weighted by Gasteiger charge is -2.19. The third kappa shape index (κ3) is 4.09. The Morgan fingerprint density at radius 1 is 0.378 bits per heavy atom. The maximum Gasteiger partial charge on any atom is 0.136 e. The molecule has 0 aliphatic heterocycles. The standard InChI is InChI=1S/C44H28O/c1-3-14-29(15-4-1)32-18-7-8-19-34(32)43-37-22-11-9-20-35(37)42(36-21-10-12-23-38(36)43)31-26-27-39-41(28-31)45-40-25-13-24-33(44(39)40)30-16-5-2-6-17-30/h1-28H/i1D,3D,4D,14D,15D. The van der Waals surface area contributed by atoms with Gasteiger partial charge in [0, 0.05) is 10.8 Å². The molecule has 0 saturated carbocycles. The van der Waals surface area contributed by atoms with Gasteiger partial charge in [0.15, 0.2) is 0 Å². The summed E-state index contributed by atoms with van der Waals surface area (Å²) in [6.45, 7) is 0. The lowest BCUT2D eigenvalue weighted by Crippen LogP contribution is -1.92. The third-order valence-electron chi connectivity index (χ3n) is 8.77. The lowest BCUT2D eigenvalue weighted by molar-refractivity contribution is 0.669. The molecule has 1 heterocycles. The average Bonchev–Trinajstić information content (AvgIpc) is 3.54. The van der Waals surface area contributed by atoms with Crippen LogP contribution < -0.4 is 0 Å². The van der Waals surface area contributed by atoms with Gasteiger partial charge in [-0.3, -0.25) is 0 Å². The highest BCUT2D eigenvalue weighted by Gasteiger charge is 2.20. The van der Waals surface area contributed by atoms with Crippen LogP contribution in [0.1, 0.15) is 6.85 Å². The average molecular weight is 578 g/mol. The van der Waals surface area contributed by atoms with Crippen molar-refractivity contribution in [3.8, 4) is 44.5 Å². The van der Waals surface area contributed by atoms with E-state index in [4.69, 9.17) is 11.3 Å². The normalized spacial score (nSPS) is 13.1. The van der Waals surface area contributed by atoms with Crippen LogP contribution in [0.25, 0.3) is 88.0 Å². The monoisotopic (exact) mass is 577 g/mol. The Hall–Kier alpha value is -5.92. The van der Waals surface area contributed by atoms with Gasteiger partial charge in [-0.2, -0.15) is 0 Å². The van der Waals surface area contributed by atoms with Gasteiger partial charge in [0.05, 0.1) is 6.85 Å². The maximum absolute atomic E-state index is 8.79. The van der Waals surface area contributed by atoms with E-state index in [-0.39, 0.29) is 29.7 Å². The van der Waals surface area contributed by atoms with Crippen LogP contribution in [-0.4, -0.2) is 0 Å². The molecule has 1 nitrogen and oxygen atoms in total. The fraction of sp³-hybridized carbons (Fsp3) is 0. The Kier molecular flexibility index (Phi) is 4.81. The zero-order valence-electron chi connectivity index (χ0n) is 29.2. The van der Waals surface area contributed by atoms with Crippen LogP contribution in [0.2, 0.25) is 0 Å². The molecule has 0 bridgehead atoms. The summed E-state index contributed by atoms with van der Waals surface area (Å²) in [6, 6.07) is 45.7. The topological polar surface area (TPSA) is 13.1 Å². The van der Waals surface area contributed by atoms with Gasteiger partial charge in [-0.15, -0.1) is 0 Å². The van der Waals surface area contributed by atoms with Gasteiger partial charge < -0.3 is 4.42 Å². The molecule has 9 rings (SSSR count). The van der Waals surface area contributed by atoms with Crippen LogP contribution in [0.4, 0.5) is 0 Å². The highest BCUT2D eigenvalue weighted by molar-refractivity contribution is 6.23. The van der Waals surface area contributed by atoms with E-state index in [2.05, 4.69) is 72.8 Å². The maximum atomic E-state index is 8.79. The van der Waals surface area contributed by atoms with Crippen molar-refractivity contribution in [2.45, 2.75) is 0 Å². The van der Waals surface area contributed by atoms with Crippen molar-refractivity contribution in [3.63, 3.8) is 0 Å². The molecule has 0 amide bonds. The lowest BCUT2D eigenvalue weighted by atomic mass is 9.84. The van der Waals surface area contributed by atoms with Crippen molar-refractivity contribution in [2.24, 2.45) is 0 Å². The first kappa shape index (κ1) is 20.9. The second kappa shape index (κ2) is 10.4. The molecule has 0 N–H and O–H groups in total. The van der Waals surface area contributed by atoms with E-state index in [9.17, 15) is 0 Å². The Morgan fingerprint density at radius 3 is 1.69 bits per heavy atom. The Labute approximate surface area is 268 Å². The molecule has 0 unspecified atom stereocenters. The van der Waals surface area contributed by atoms with Crippen LogP contribution in [0, 0.1) is 0 Å². The molecule has 0 radical (unpaired) electrons. The minimum atomic E-state index is -0.404. The number of benzene rings is 8. The Bertz CT molecular complexity index is 2730. The highest BCUT2D eigenvalue weighted by Crippen LogP contribution is 2.47. The van der Waals surface area contributed by atoms with Crippen LogP contribution in [0.3, 0.4) is 0 Å². The van der Waals surface area contributed by atoms with Gasteiger partial charge in [-0.05, 0) is 84.3 Å². The summed E-state index contributed by atoms with van der Waals surface area (Å²) < 4.78 is 49.0. The Morgan fingerprint density at radius 2 is 0.978 bits per heavy atom. The van der Waals surface area contributed by atoms with Crippen LogP contribution >= 0.6 is 0 Å². The van der Waals surface area contributed by atoms with Gasteiger partial charge in [0.1, 0.15) is 11.2 Å². The SMILES string of the molecule is [2H]c1c([2H])c([2H])c(-c2ccccc2-c2c3ccccc3c(-c3ccc4c(c3)oc3cccc(-c5ccccc5)c34)c3ccccc23)c([2H])c1[2H]. The molecule has 8 aromatic carbocycles. The molecule has 1 heteroatoms. The largest absolute Gasteiger partial charge is 0.456 e. The number of hydrogen-bond donors (Lipinski definition) is 0. The first-order chi connectivity index (χ1) is 24.4. The number of rotatable bonds is 4. The van der Waals surface area contributed by atoms with E-state index >= 15 is 0 Å². The van der Waals surface area contributed by atoms with E-state index in [0.29, 0.717) is 5.56 Å². The minimum Gasteiger partial charge on any atom is -0.456 e. The van der Waals surface area contributed by atoms with Gasteiger partial charge in [0.2, 0.25) is 0 Å². The molecule has 9 aromatic rings. The summed E-state index contributed by atoms with van der Waals surface area (Å²) in [6.07, 6.45) is 0. The zero-order valence-corrected chi connectivity index (χ0v) is 24.2. The summed E-state index contributed by atoms with van der Waals surface area (Å²) in [5.74, 6) is 0. The van der Waals surface area contributed by atoms with Crippen molar-refractivity contribution >= 4 is 43.5 Å². The molecule has 0 spiro atoms. The molecule has 0 aliphatic carbocycles. The fourth-order valence-corrected chi connectivity index (χ4v) is 6.87. The van der Waals surface area contributed by atoms with Crippen LogP contribution in [0.15, 0.2) is 174 Å². The minimum absolute atomic E-state index is 0.189. The van der Waals surface area contributed by atoms with E-state index in [1.807, 2.05) is 66.7 Å². The molecule has 45 heavy (non-hydrogen) atoms. The first-order valence-corrected chi connectivity index (χ1v) is 15.0. The van der Waals surface area contributed by atoms with Gasteiger partial charge in [0.25, 0.3) is 0 Å². The predicted octanol–water partition coefficient (Wildman–Crippen LogP) is 12.6. The molecule has 210 valence electrons. The van der Waals surface area contributed by atoms with Gasteiger partial charge >= 0.3 is 0 Å². The number of hydrogen-bond acceptors (Lipinski definition) is 1. The summed E-state index contributed by atoms with van der Waals surface area (Å²) >= 11 is 0. The van der Waals surface area contributed by atoms with Crippen molar-refractivity contribution < 1.29 is 11.3 Å². The molecule has 0 fully saturated rings. The third-order valence-corrected chi connectivity index (χ3v) is 8.77. The first-order valence-electron chi connectivity index (χ1n) is 17.5. The van der Waals surface area contributed by atoms with Gasteiger partial charge in [-0.25, -0.2) is 0 Å². The quantitative estimate of drug-likeness (QED) is 0.190. The van der Waals surface area contributed by atoms with Crippen molar-refractivity contribution in [2.75, 3.05) is 0 Å². The summed E-state index contributed by atoms with van der Waals surface area (Å²) in [7, 11) is 0. The summed E-state index contributed by atoms with van der Waals surface area (Å²) in [5, 5.41) is 6.22. The molecular formula is C44H28O. The second-order valence-corrected chi connectivity index (χ2v) is 11.2. The second-order valence-electron chi connectivity index (χ2n) is 11.2. The van der Waals surface area contributed by atoms with E-state index in [1.165, 1.54) is 0 Å². The smallest absolute Gasteiger partial charge is 0.136 e.